The first kappa shape index (κ1) is 35.4. The number of carbonyl (C=O) groups excluding carboxylic acids is 4. The number of ether oxygens (including phenoxy) is 1. The number of pyridine rings is 1. The van der Waals surface area contributed by atoms with Crippen LogP contribution in [-0.4, -0.2) is 89.6 Å². The van der Waals surface area contributed by atoms with Crippen LogP contribution in [0.25, 0.3) is 0 Å². The predicted molar refractivity (Wildman–Crippen MR) is 170 cm³/mol. The molecule has 1 aromatic carbocycles. The van der Waals surface area contributed by atoms with E-state index in [1.807, 2.05) is 32.2 Å². The number of nitrogens with zero attached hydrogens (tertiary/aromatic N) is 2. The Morgan fingerprint density at radius 3 is 2.44 bits per heavy atom. The van der Waals surface area contributed by atoms with Crippen molar-refractivity contribution in [2.75, 3.05) is 32.8 Å². The van der Waals surface area contributed by atoms with E-state index in [0.29, 0.717) is 43.8 Å². The van der Waals surface area contributed by atoms with E-state index >= 15 is 0 Å². The summed E-state index contributed by atoms with van der Waals surface area (Å²) in [6, 6.07) is 8.76. The van der Waals surface area contributed by atoms with Gasteiger partial charge in [-0.3, -0.25) is 29.1 Å². The molecule has 246 valence electrons. The van der Waals surface area contributed by atoms with Crippen LogP contribution in [0.4, 0.5) is 0 Å². The Labute approximate surface area is 265 Å². The summed E-state index contributed by atoms with van der Waals surface area (Å²) < 4.78 is 5.68. The van der Waals surface area contributed by atoms with E-state index in [0.717, 1.165) is 31.5 Å². The minimum absolute atomic E-state index is 0.0128. The summed E-state index contributed by atoms with van der Waals surface area (Å²) in [5.74, 6) is -1.11. The van der Waals surface area contributed by atoms with Crippen molar-refractivity contribution in [1.29, 1.82) is 0 Å². The number of hydrogen-bond donors (Lipinski definition) is 5. The normalized spacial score (nSPS) is 21.4. The molecule has 5 N–H and O–H groups in total. The van der Waals surface area contributed by atoms with Crippen molar-refractivity contribution >= 4 is 23.6 Å². The monoisotopic (exact) mass is 624 g/mol. The minimum atomic E-state index is -1.17. The van der Waals surface area contributed by atoms with Gasteiger partial charge >= 0.3 is 0 Å². The maximum Gasteiger partial charge on any atom is 0.257 e. The number of aromatic nitrogens is 1. The van der Waals surface area contributed by atoms with E-state index in [9.17, 15) is 24.3 Å². The van der Waals surface area contributed by atoms with Gasteiger partial charge in [0.2, 0.25) is 17.7 Å². The summed E-state index contributed by atoms with van der Waals surface area (Å²) in [5, 5.41) is 21.5. The van der Waals surface area contributed by atoms with Gasteiger partial charge in [-0.2, -0.15) is 0 Å². The standard InChI is InChI=1S/C33H48N6O6/c1-23(2)17-28-32(43)38-31(24(3)40)33(44)36-13-4-5-15-39(21-26-10-7-12-34-20-26)16-8-14-35-30(42)22-45-27-11-6-9-25(18-27)19-29(41)37-28/h6-7,9-12,18,20,23-24,28,31,40H,4-5,8,13-17,19,21-22H2,1-3H3,(H,35,42)(H,36,44)(H,37,41)(H,38,43)/t24-,28-,31+/m1/s1. The Kier molecular flexibility index (Phi) is 14.7. The molecule has 1 aromatic heterocycles. The average Bonchev–Trinajstić information content (AvgIpc) is 2.99. The third-order valence-corrected chi connectivity index (χ3v) is 7.36. The smallest absolute Gasteiger partial charge is 0.257 e. The van der Waals surface area contributed by atoms with E-state index in [1.54, 1.807) is 30.5 Å². The lowest BCUT2D eigenvalue weighted by Gasteiger charge is -2.26. The summed E-state index contributed by atoms with van der Waals surface area (Å²) in [5.41, 5.74) is 1.74. The summed E-state index contributed by atoms with van der Waals surface area (Å²) in [7, 11) is 0. The maximum absolute atomic E-state index is 13.3. The van der Waals surface area contributed by atoms with E-state index in [1.165, 1.54) is 6.92 Å². The van der Waals surface area contributed by atoms with Crippen molar-refractivity contribution in [1.82, 2.24) is 31.2 Å². The lowest BCUT2D eigenvalue weighted by Crippen LogP contribution is -2.57. The average molecular weight is 625 g/mol. The zero-order valence-electron chi connectivity index (χ0n) is 26.6. The van der Waals surface area contributed by atoms with Crippen molar-refractivity contribution in [2.24, 2.45) is 5.92 Å². The van der Waals surface area contributed by atoms with Crippen LogP contribution in [0.2, 0.25) is 0 Å². The fraction of sp³-hybridized carbons (Fsp3) is 0.545. The quantitative estimate of drug-likeness (QED) is 0.333. The molecule has 2 heterocycles. The van der Waals surface area contributed by atoms with Gasteiger partial charge in [-0.05, 0) is 74.4 Å². The van der Waals surface area contributed by atoms with Gasteiger partial charge in [0.15, 0.2) is 6.61 Å². The topological polar surface area (TPSA) is 162 Å². The van der Waals surface area contributed by atoms with Gasteiger partial charge in [-0.25, -0.2) is 0 Å². The van der Waals surface area contributed by atoms with Crippen LogP contribution in [0.1, 0.15) is 57.6 Å². The molecule has 45 heavy (non-hydrogen) atoms. The van der Waals surface area contributed by atoms with Gasteiger partial charge in [0, 0.05) is 38.6 Å². The molecule has 3 atom stereocenters. The number of aliphatic hydroxyl groups is 1. The van der Waals surface area contributed by atoms with Crippen LogP contribution in [0, 0.1) is 5.92 Å². The van der Waals surface area contributed by atoms with Gasteiger partial charge < -0.3 is 31.1 Å². The minimum Gasteiger partial charge on any atom is -0.484 e. The molecule has 1 aliphatic heterocycles. The molecule has 0 unspecified atom stereocenters. The summed E-state index contributed by atoms with van der Waals surface area (Å²) in [6.07, 6.45) is 4.99. The second kappa shape index (κ2) is 18.7. The highest BCUT2D eigenvalue weighted by molar-refractivity contribution is 5.92. The molecule has 0 spiro atoms. The third-order valence-electron chi connectivity index (χ3n) is 7.36. The second-order valence-corrected chi connectivity index (χ2v) is 11.9. The summed E-state index contributed by atoms with van der Waals surface area (Å²) >= 11 is 0. The molecule has 4 amide bonds. The number of carbonyl (C=O) groups is 4. The van der Waals surface area contributed by atoms with E-state index in [4.69, 9.17) is 4.74 Å². The van der Waals surface area contributed by atoms with Crippen LogP contribution in [-0.2, 0) is 32.1 Å². The molecule has 0 radical (unpaired) electrons. The highest BCUT2D eigenvalue weighted by Crippen LogP contribution is 2.15. The zero-order chi connectivity index (χ0) is 32.6. The second-order valence-electron chi connectivity index (χ2n) is 11.9. The van der Waals surface area contributed by atoms with Crippen LogP contribution in [0.5, 0.6) is 5.75 Å². The Bertz CT molecular complexity index is 1240. The molecular formula is C33H48N6O6. The van der Waals surface area contributed by atoms with Gasteiger partial charge in [0.05, 0.1) is 12.5 Å². The maximum atomic E-state index is 13.3. The summed E-state index contributed by atoms with van der Waals surface area (Å²) in [4.78, 5) is 58.2. The number of aliphatic hydroxyl groups excluding tert-OH is 1. The molecule has 0 saturated carbocycles. The number of hydrogen-bond acceptors (Lipinski definition) is 8. The number of benzene rings is 1. The number of nitrogens with one attached hydrogen (secondary N) is 4. The number of rotatable bonds is 5. The van der Waals surface area contributed by atoms with Crippen molar-refractivity contribution in [3.8, 4) is 5.75 Å². The number of fused-ring (bicyclic) bond motifs is 2. The van der Waals surface area contributed by atoms with Crippen LogP contribution < -0.4 is 26.0 Å². The van der Waals surface area contributed by atoms with Crippen LogP contribution in [0.15, 0.2) is 48.8 Å². The Morgan fingerprint density at radius 1 is 0.933 bits per heavy atom. The molecule has 12 nitrogen and oxygen atoms in total. The van der Waals surface area contributed by atoms with E-state index < -0.39 is 30.0 Å². The van der Waals surface area contributed by atoms with Crippen molar-refractivity contribution in [3.63, 3.8) is 0 Å². The molecule has 3 rings (SSSR count). The van der Waals surface area contributed by atoms with Crippen molar-refractivity contribution in [3.05, 3.63) is 59.9 Å². The fourth-order valence-corrected chi connectivity index (χ4v) is 5.07. The fourth-order valence-electron chi connectivity index (χ4n) is 5.07. The largest absolute Gasteiger partial charge is 0.484 e. The highest BCUT2D eigenvalue weighted by Gasteiger charge is 2.30. The Hall–Kier alpha value is -4.03. The van der Waals surface area contributed by atoms with Crippen molar-refractivity contribution < 1.29 is 29.0 Å². The molecule has 0 aliphatic carbocycles. The highest BCUT2D eigenvalue weighted by atomic mass is 16.5. The lowest BCUT2D eigenvalue weighted by molar-refractivity contribution is -0.134. The van der Waals surface area contributed by atoms with Crippen LogP contribution in [0.3, 0.4) is 0 Å². The van der Waals surface area contributed by atoms with Crippen molar-refractivity contribution in [2.45, 2.75) is 77.6 Å². The Morgan fingerprint density at radius 2 is 1.71 bits per heavy atom. The SMILES string of the molecule is CC(C)C[C@H]1NC(=O)Cc2cccc(c2)OCC(=O)NCCCN(Cc2cccnc2)CCCCNC(=O)[C@H]([C@@H](C)O)NC1=O. The van der Waals surface area contributed by atoms with Gasteiger partial charge in [-0.1, -0.05) is 32.0 Å². The van der Waals surface area contributed by atoms with Crippen LogP contribution >= 0.6 is 0 Å². The number of amides is 4. The summed E-state index contributed by atoms with van der Waals surface area (Å²) in [6.45, 7) is 8.25. The van der Waals surface area contributed by atoms with E-state index in [2.05, 4.69) is 31.2 Å². The third kappa shape index (κ3) is 13.2. The first-order valence-corrected chi connectivity index (χ1v) is 15.8. The molecule has 1 aliphatic rings. The van der Waals surface area contributed by atoms with Gasteiger partial charge in [-0.15, -0.1) is 0 Å². The molecule has 0 saturated heterocycles. The first-order chi connectivity index (χ1) is 21.6. The van der Waals surface area contributed by atoms with E-state index in [-0.39, 0.29) is 30.8 Å². The molecule has 2 aromatic rings. The molecule has 12 heteroatoms. The molecule has 2 bridgehead atoms. The lowest BCUT2D eigenvalue weighted by atomic mass is 10.0. The van der Waals surface area contributed by atoms with Gasteiger partial charge in [0.1, 0.15) is 17.8 Å². The predicted octanol–water partition coefficient (Wildman–Crippen LogP) is 1.32. The first-order valence-electron chi connectivity index (χ1n) is 15.8. The Balaban J connectivity index is 1.74. The zero-order valence-corrected chi connectivity index (χ0v) is 26.6. The molecule has 0 fully saturated rings. The van der Waals surface area contributed by atoms with Gasteiger partial charge in [0.25, 0.3) is 5.91 Å². The molecular weight excluding hydrogens is 576 g/mol.